The number of aromatic nitrogens is 1. The molecule has 10 heteroatoms. The number of sulfonamides is 1. The summed E-state index contributed by atoms with van der Waals surface area (Å²) < 4.78 is 33.7. The molecule has 1 amide bonds. The molecule has 33 heavy (non-hydrogen) atoms. The van der Waals surface area contributed by atoms with Crippen molar-refractivity contribution in [3.63, 3.8) is 0 Å². The summed E-state index contributed by atoms with van der Waals surface area (Å²) in [4.78, 5) is 17.6. The third kappa shape index (κ3) is 4.94. The Morgan fingerprint density at radius 1 is 1.30 bits per heavy atom. The number of hydrogen-bond acceptors (Lipinski definition) is 7. The first-order chi connectivity index (χ1) is 15.9. The van der Waals surface area contributed by atoms with Gasteiger partial charge in [-0.05, 0) is 61.1 Å². The topological polar surface area (TPSA) is 116 Å². The highest BCUT2D eigenvalue weighted by atomic mass is 32.2. The molecule has 1 aromatic heterocycles. The van der Waals surface area contributed by atoms with Crippen LogP contribution in [-0.2, 0) is 21.2 Å². The number of nitrogens with one attached hydrogen (secondary N) is 1. The van der Waals surface area contributed by atoms with E-state index in [4.69, 9.17) is 4.74 Å². The number of fused-ring (bicyclic) bond motifs is 1. The Morgan fingerprint density at radius 3 is 2.76 bits per heavy atom. The van der Waals surface area contributed by atoms with E-state index in [1.165, 1.54) is 19.4 Å². The van der Waals surface area contributed by atoms with Crippen molar-refractivity contribution < 1.29 is 17.9 Å². The Labute approximate surface area is 194 Å². The normalized spacial score (nSPS) is 18.8. The number of likely N-dealkylation sites (tertiary alicyclic amines) is 1. The first kappa shape index (κ1) is 23.0. The highest BCUT2D eigenvalue weighted by Crippen LogP contribution is 2.30. The van der Waals surface area contributed by atoms with Crippen LogP contribution in [0.15, 0.2) is 47.6 Å². The van der Waals surface area contributed by atoms with Crippen molar-refractivity contribution in [2.75, 3.05) is 38.6 Å². The van der Waals surface area contributed by atoms with Crippen LogP contribution in [-0.4, -0.2) is 68.0 Å². The molecular weight excluding hydrogens is 442 g/mol. The second-order valence-corrected chi connectivity index (χ2v) is 10.2. The second kappa shape index (κ2) is 9.77. The fraction of sp³-hybridized carbons (Fsp3) is 0.435. The number of anilines is 1. The number of amides is 1. The number of carbonyl (C=O) groups excluding carboxylic acids is 1. The van der Waals surface area contributed by atoms with Gasteiger partial charge in [0.05, 0.1) is 18.7 Å². The predicted octanol–water partition coefficient (Wildman–Crippen LogP) is 2.46. The fourth-order valence-corrected chi connectivity index (χ4v) is 6.14. The Kier molecular flexibility index (Phi) is 6.81. The number of ether oxygens (including phenoxy) is 1. The number of rotatable bonds is 5. The van der Waals surface area contributed by atoms with Crippen LogP contribution in [0.25, 0.3) is 0 Å². The molecule has 1 N–H and O–H groups in total. The summed E-state index contributed by atoms with van der Waals surface area (Å²) in [5, 5.41) is 12.6. The van der Waals surface area contributed by atoms with Gasteiger partial charge in [0, 0.05) is 44.1 Å². The van der Waals surface area contributed by atoms with Crippen molar-refractivity contribution in [2.24, 2.45) is 5.92 Å². The van der Waals surface area contributed by atoms with Crippen LogP contribution >= 0.6 is 0 Å². The Balaban J connectivity index is 1.59. The van der Waals surface area contributed by atoms with Crippen molar-refractivity contribution in [1.82, 2.24) is 14.2 Å². The molecule has 0 saturated carbocycles. The van der Waals surface area contributed by atoms with Crippen LogP contribution in [0.4, 0.5) is 10.5 Å². The minimum Gasteiger partial charge on any atom is -0.453 e. The van der Waals surface area contributed by atoms with Gasteiger partial charge in [0.15, 0.2) is 5.03 Å². The molecule has 1 atom stereocenters. The van der Waals surface area contributed by atoms with Gasteiger partial charge in [-0.1, -0.05) is 6.07 Å². The molecule has 0 aliphatic carbocycles. The number of benzene rings is 1. The Morgan fingerprint density at radius 2 is 2.09 bits per heavy atom. The van der Waals surface area contributed by atoms with Gasteiger partial charge in [-0.3, -0.25) is 0 Å². The van der Waals surface area contributed by atoms with Crippen molar-refractivity contribution in [2.45, 2.75) is 30.3 Å². The summed E-state index contributed by atoms with van der Waals surface area (Å²) in [6.45, 7) is 1.87. The molecule has 1 fully saturated rings. The fourth-order valence-electron chi connectivity index (χ4n) is 4.51. The lowest BCUT2D eigenvalue weighted by molar-refractivity contribution is 0.101. The lowest BCUT2D eigenvalue weighted by Crippen LogP contribution is -2.50. The summed E-state index contributed by atoms with van der Waals surface area (Å²) in [5.74, 6) is 0.108. The Bertz CT molecular complexity index is 1140. The lowest BCUT2D eigenvalue weighted by atomic mass is 9.94. The van der Waals surface area contributed by atoms with Crippen molar-refractivity contribution in [1.29, 1.82) is 5.26 Å². The van der Waals surface area contributed by atoms with Crippen LogP contribution in [0.2, 0.25) is 0 Å². The SMILES string of the molecule is COC(=O)N1CCC(CN(C2CNc3ccc(C#N)cc3C2)S(=O)(=O)c2ccccn2)CC1. The van der Waals surface area contributed by atoms with Gasteiger partial charge in [-0.15, -0.1) is 0 Å². The van der Waals surface area contributed by atoms with E-state index in [0.29, 0.717) is 51.0 Å². The third-order valence-electron chi connectivity index (χ3n) is 6.32. The molecule has 1 aromatic carbocycles. The zero-order valence-electron chi connectivity index (χ0n) is 18.5. The molecule has 3 heterocycles. The van der Waals surface area contributed by atoms with Gasteiger partial charge in [0.25, 0.3) is 10.0 Å². The Hall–Kier alpha value is -3.16. The maximum Gasteiger partial charge on any atom is 0.409 e. The van der Waals surface area contributed by atoms with Gasteiger partial charge in [-0.25, -0.2) is 18.2 Å². The molecule has 0 bridgehead atoms. The van der Waals surface area contributed by atoms with Crippen molar-refractivity contribution in [3.05, 3.63) is 53.7 Å². The number of pyridine rings is 1. The first-order valence-corrected chi connectivity index (χ1v) is 12.4. The number of nitrogens with zero attached hydrogens (tertiary/aromatic N) is 4. The van der Waals surface area contributed by atoms with Gasteiger partial charge in [0.1, 0.15) is 0 Å². The summed E-state index contributed by atoms with van der Waals surface area (Å²) in [7, 11) is -2.48. The molecule has 0 radical (unpaired) electrons. The van der Waals surface area contributed by atoms with Crippen LogP contribution in [0.3, 0.4) is 0 Å². The first-order valence-electron chi connectivity index (χ1n) is 10.9. The zero-order valence-corrected chi connectivity index (χ0v) is 19.3. The number of carbonyl (C=O) groups is 1. The summed E-state index contributed by atoms with van der Waals surface area (Å²) in [6.07, 6.45) is 3.02. The zero-order chi connectivity index (χ0) is 23.4. The molecule has 1 unspecified atom stereocenters. The molecule has 1 saturated heterocycles. The summed E-state index contributed by atoms with van der Waals surface area (Å²) >= 11 is 0. The molecule has 2 aliphatic rings. The highest BCUT2D eigenvalue weighted by Gasteiger charge is 2.37. The van der Waals surface area contributed by atoms with E-state index >= 15 is 0 Å². The standard InChI is InChI=1S/C23H27N5O4S/c1-32-23(29)27-10-7-17(8-11-27)16-28(33(30,31)22-4-2-3-9-25-22)20-13-19-12-18(14-24)5-6-21(19)26-15-20/h2-6,9,12,17,20,26H,7-8,10-11,13,15-16H2,1H3. The van der Waals surface area contributed by atoms with Crippen LogP contribution in [0.5, 0.6) is 0 Å². The number of methoxy groups -OCH3 is 1. The summed E-state index contributed by atoms with van der Waals surface area (Å²) in [5.41, 5.74) is 2.39. The highest BCUT2D eigenvalue weighted by molar-refractivity contribution is 7.89. The largest absolute Gasteiger partial charge is 0.453 e. The summed E-state index contributed by atoms with van der Waals surface area (Å²) in [6, 6.07) is 12.1. The molecule has 4 rings (SSSR count). The number of piperidine rings is 1. The second-order valence-electron chi connectivity index (χ2n) is 8.37. The average Bonchev–Trinajstić information content (AvgIpc) is 2.86. The van der Waals surface area contributed by atoms with Gasteiger partial charge in [0.2, 0.25) is 0 Å². The van der Waals surface area contributed by atoms with Crippen LogP contribution < -0.4 is 5.32 Å². The minimum atomic E-state index is -3.84. The van der Waals surface area contributed by atoms with E-state index in [-0.39, 0.29) is 23.1 Å². The predicted molar refractivity (Wildman–Crippen MR) is 122 cm³/mol. The maximum absolute atomic E-state index is 13.7. The van der Waals surface area contributed by atoms with E-state index in [1.807, 2.05) is 12.1 Å². The molecule has 174 valence electrons. The average molecular weight is 470 g/mol. The van der Waals surface area contributed by atoms with E-state index < -0.39 is 10.0 Å². The molecule has 9 nitrogen and oxygen atoms in total. The maximum atomic E-state index is 13.7. The van der Waals surface area contributed by atoms with Gasteiger partial charge < -0.3 is 15.0 Å². The molecule has 2 aromatic rings. The van der Waals surface area contributed by atoms with Gasteiger partial charge in [-0.2, -0.15) is 9.57 Å². The van der Waals surface area contributed by atoms with E-state index in [1.54, 1.807) is 27.4 Å². The third-order valence-corrected chi connectivity index (χ3v) is 8.16. The minimum absolute atomic E-state index is 0.0218. The lowest BCUT2D eigenvalue weighted by Gasteiger charge is -2.38. The quantitative estimate of drug-likeness (QED) is 0.715. The smallest absolute Gasteiger partial charge is 0.409 e. The van der Waals surface area contributed by atoms with E-state index in [2.05, 4.69) is 16.4 Å². The molecule has 2 aliphatic heterocycles. The van der Waals surface area contributed by atoms with E-state index in [0.717, 1.165) is 11.3 Å². The number of hydrogen-bond donors (Lipinski definition) is 1. The van der Waals surface area contributed by atoms with Crippen LogP contribution in [0, 0.1) is 17.2 Å². The molecule has 0 spiro atoms. The molecular formula is C23H27N5O4S. The van der Waals surface area contributed by atoms with Gasteiger partial charge >= 0.3 is 6.09 Å². The van der Waals surface area contributed by atoms with E-state index in [9.17, 15) is 18.5 Å². The van der Waals surface area contributed by atoms with Crippen molar-refractivity contribution in [3.8, 4) is 6.07 Å². The van der Waals surface area contributed by atoms with Crippen molar-refractivity contribution >= 4 is 21.8 Å². The monoisotopic (exact) mass is 469 g/mol. The number of nitriles is 1. The van der Waals surface area contributed by atoms with Crippen LogP contribution in [0.1, 0.15) is 24.0 Å².